The fourth-order valence-electron chi connectivity index (χ4n) is 3.13. The Balaban J connectivity index is 1.88. The number of rotatable bonds is 5. The van der Waals surface area contributed by atoms with E-state index in [0.717, 1.165) is 5.56 Å². The van der Waals surface area contributed by atoms with Gasteiger partial charge in [0, 0.05) is 38.5 Å². The maximum atomic E-state index is 12.6. The fourth-order valence-corrected chi connectivity index (χ4v) is 3.13. The van der Waals surface area contributed by atoms with Gasteiger partial charge in [-0.2, -0.15) is 0 Å². The number of carboxylic acids is 1. The van der Waals surface area contributed by atoms with Gasteiger partial charge in [-0.15, -0.1) is 0 Å². The van der Waals surface area contributed by atoms with Crippen LogP contribution in [-0.2, 0) is 16.1 Å². The van der Waals surface area contributed by atoms with Gasteiger partial charge in [0.05, 0.1) is 5.56 Å². The zero-order chi connectivity index (χ0) is 18.6. The number of aromatic carboxylic acids is 1. The Morgan fingerprint density at radius 3 is 2.20 bits per heavy atom. The van der Waals surface area contributed by atoms with Crippen molar-refractivity contribution in [2.45, 2.75) is 33.2 Å². The molecule has 1 aromatic carbocycles. The second kappa shape index (κ2) is 8.14. The largest absolute Gasteiger partial charge is 0.478 e. The SMILES string of the molecule is CC(C)C(=O)N1CCC(C(=O)N(C)Cc2ccc(C(=O)O)cc2)CC1. The molecule has 6 heteroatoms. The van der Waals surface area contributed by atoms with Crippen LogP contribution in [0.15, 0.2) is 24.3 Å². The lowest BCUT2D eigenvalue weighted by atomic mass is 9.94. The Hall–Kier alpha value is -2.37. The van der Waals surface area contributed by atoms with Crippen LogP contribution in [0.2, 0.25) is 0 Å². The average molecular weight is 346 g/mol. The summed E-state index contributed by atoms with van der Waals surface area (Å²) in [5.41, 5.74) is 1.13. The smallest absolute Gasteiger partial charge is 0.335 e. The molecule has 2 amide bonds. The number of carboxylic acid groups (broad SMARTS) is 1. The van der Waals surface area contributed by atoms with Crippen LogP contribution in [0.5, 0.6) is 0 Å². The lowest BCUT2D eigenvalue weighted by molar-refractivity contribution is -0.141. The molecule has 1 fully saturated rings. The van der Waals surface area contributed by atoms with Gasteiger partial charge < -0.3 is 14.9 Å². The fraction of sp³-hybridized carbons (Fsp3) is 0.526. The van der Waals surface area contributed by atoms with Crippen molar-refractivity contribution in [2.24, 2.45) is 11.8 Å². The molecule has 0 bridgehead atoms. The van der Waals surface area contributed by atoms with Gasteiger partial charge in [0.15, 0.2) is 0 Å². The first-order chi connectivity index (χ1) is 11.8. The second-order valence-corrected chi connectivity index (χ2v) is 6.95. The molecule has 0 saturated carbocycles. The van der Waals surface area contributed by atoms with Crippen molar-refractivity contribution in [1.29, 1.82) is 0 Å². The molecule has 25 heavy (non-hydrogen) atoms. The van der Waals surface area contributed by atoms with E-state index >= 15 is 0 Å². The summed E-state index contributed by atoms with van der Waals surface area (Å²) in [4.78, 5) is 39.0. The van der Waals surface area contributed by atoms with Crippen molar-refractivity contribution in [3.8, 4) is 0 Å². The minimum absolute atomic E-state index is 0.0105. The third-order valence-electron chi connectivity index (χ3n) is 4.65. The second-order valence-electron chi connectivity index (χ2n) is 6.95. The monoisotopic (exact) mass is 346 g/mol. The number of nitrogens with zero attached hydrogens (tertiary/aromatic N) is 2. The molecule has 6 nitrogen and oxygen atoms in total. The van der Waals surface area contributed by atoms with Gasteiger partial charge in [-0.05, 0) is 30.5 Å². The third kappa shape index (κ3) is 4.81. The average Bonchev–Trinajstić information content (AvgIpc) is 2.60. The minimum atomic E-state index is -0.960. The van der Waals surface area contributed by atoms with E-state index in [1.54, 1.807) is 36.2 Å². The zero-order valence-corrected chi connectivity index (χ0v) is 15.1. The summed E-state index contributed by atoms with van der Waals surface area (Å²) in [5.74, 6) is -0.793. The molecule has 1 aliphatic heterocycles. The molecule has 0 unspecified atom stereocenters. The lowest BCUT2D eigenvalue weighted by Gasteiger charge is -2.34. The lowest BCUT2D eigenvalue weighted by Crippen LogP contribution is -2.44. The Labute approximate surface area is 148 Å². The van der Waals surface area contributed by atoms with Crippen LogP contribution in [-0.4, -0.2) is 52.8 Å². The number of likely N-dealkylation sites (tertiary alicyclic amines) is 1. The van der Waals surface area contributed by atoms with Gasteiger partial charge in [0.1, 0.15) is 0 Å². The quantitative estimate of drug-likeness (QED) is 0.887. The topological polar surface area (TPSA) is 77.9 Å². The van der Waals surface area contributed by atoms with Crippen LogP contribution in [0, 0.1) is 11.8 Å². The van der Waals surface area contributed by atoms with Crippen LogP contribution in [0.3, 0.4) is 0 Å². The molecular weight excluding hydrogens is 320 g/mol. The van der Waals surface area contributed by atoms with E-state index in [1.807, 2.05) is 18.7 Å². The Morgan fingerprint density at radius 2 is 1.72 bits per heavy atom. The van der Waals surface area contributed by atoms with Crippen molar-refractivity contribution < 1.29 is 19.5 Å². The first-order valence-corrected chi connectivity index (χ1v) is 8.65. The first-order valence-electron chi connectivity index (χ1n) is 8.65. The number of carbonyl (C=O) groups excluding carboxylic acids is 2. The highest BCUT2D eigenvalue weighted by molar-refractivity contribution is 5.87. The molecular formula is C19H26N2O4. The molecule has 0 aliphatic carbocycles. The van der Waals surface area contributed by atoms with Crippen molar-refractivity contribution in [3.63, 3.8) is 0 Å². The standard InChI is InChI=1S/C19H26N2O4/c1-13(2)17(22)21-10-8-15(9-11-21)18(23)20(3)12-14-4-6-16(7-5-14)19(24)25/h4-7,13,15H,8-12H2,1-3H3,(H,24,25). The maximum absolute atomic E-state index is 12.6. The first kappa shape index (κ1) is 19.0. The molecule has 1 saturated heterocycles. The van der Waals surface area contributed by atoms with E-state index in [4.69, 9.17) is 5.11 Å². The van der Waals surface area contributed by atoms with Crippen LogP contribution < -0.4 is 0 Å². The number of amides is 2. The number of hydrogen-bond donors (Lipinski definition) is 1. The minimum Gasteiger partial charge on any atom is -0.478 e. The van der Waals surface area contributed by atoms with E-state index in [-0.39, 0.29) is 29.2 Å². The molecule has 1 N–H and O–H groups in total. The molecule has 1 aromatic rings. The zero-order valence-electron chi connectivity index (χ0n) is 15.1. The summed E-state index contributed by atoms with van der Waals surface area (Å²) >= 11 is 0. The maximum Gasteiger partial charge on any atom is 0.335 e. The van der Waals surface area contributed by atoms with Crippen LogP contribution in [0.1, 0.15) is 42.6 Å². The van der Waals surface area contributed by atoms with Gasteiger partial charge in [0.2, 0.25) is 11.8 Å². The summed E-state index contributed by atoms with van der Waals surface area (Å²) in [5, 5.41) is 8.92. The molecule has 1 aliphatic rings. The van der Waals surface area contributed by atoms with E-state index < -0.39 is 5.97 Å². The van der Waals surface area contributed by atoms with Crippen molar-refractivity contribution in [1.82, 2.24) is 9.80 Å². The van der Waals surface area contributed by atoms with E-state index in [2.05, 4.69) is 0 Å². The summed E-state index contributed by atoms with van der Waals surface area (Å²) in [6.45, 7) is 5.50. The highest BCUT2D eigenvalue weighted by Crippen LogP contribution is 2.21. The number of hydrogen-bond acceptors (Lipinski definition) is 3. The van der Waals surface area contributed by atoms with Gasteiger partial charge in [0.25, 0.3) is 0 Å². The Kier molecular flexibility index (Phi) is 6.17. The highest BCUT2D eigenvalue weighted by Gasteiger charge is 2.29. The van der Waals surface area contributed by atoms with Gasteiger partial charge in [-0.25, -0.2) is 4.79 Å². The molecule has 0 atom stereocenters. The third-order valence-corrected chi connectivity index (χ3v) is 4.65. The molecule has 1 heterocycles. The van der Waals surface area contributed by atoms with Crippen molar-refractivity contribution in [2.75, 3.05) is 20.1 Å². The van der Waals surface area contributed by atoms with Gasteiger partial charge >= 0.3 is 5.97 Å². The van der Waals surface area contributed by atoms with E-state index in [0.29, 0.717) is 32.5 Å². The summed E-state index contributed by atoms with van der Waals surface area (Å²) < 4.78 is 0. The van der Waals surface area contributed by atoms with E-state index in [9.17, 15) is 14.4 Å². The number of carbonyl (C=O) groups is 3. The predicted molar refractivity (Wildman–Crippen MR) is 94.0 cm³/mol. The molecule has 2 rings (SSSR count). The Morgan fingerprint density at radius 1 is 1.16 bits per heavy atom. The van der Waals surface area contributed by atoms with E-state index in [1.165, 1.54) is 0 Å². The van der Waals surface area contributed by atoms with Gasteiger partial charge in [-0.1, -0.05) is 26.0 Å². The van der Waals surface area contributed by atoms with Crippen LogP contribution >= 0.6 is 0 Å². The van der Waals surface area contributed by atoms with Crippen LogP contribution in [0.4, 0.5) is 0 Å². The summed E-state index contributed by atoms with van der Waals surface area (Å²) in [6.07, 6.45) is 1.39. The molecule has 0 radical (unpaired) electrons. The predicted octanol–water partition coefficient (Wildman–Crippen LogP) is 2.24. The number of piperidine rings is 1. The van der Waals surface area contributed by atoms with Crippen molar-refractivity contribution in [3.05, 3.63) is 35.4 Å². The molecule has 136 valence electrons. The van der Waals surface area contributed by atoms with Gasteiger partial charge in [-0.3, -0.25) is 9.59 Å². The molecule has 0 aromatic heterocycles. The highest BCUT2D eigenvalue weighted by atomic mass is 16.4. The number of benzene rings is 1. The normalized spacial score (nSPS) is 15.3. The Bertz CT molecular complexity index is 631. The van der Waals surface area contributed by atoms with Crippen molar-refractivity contribution >= 4 is 17.8 Å². The molecule has 0 spiro atoms. The van der Waals surface area contributed by atoms with Crippen LogP contribution in [0.25, 0.3) is 0 Å². The summed E-state index contributed by atoms with van der Waals surface area (Å²) in [6, 6.07) is 6.56. The summed E-state index contributed by atoms with van der Waals surface area (Å²) in [7, 11) is 1.76.